The fourth-order valence-corrected chi connectivity index (χ4v) is 2.90. The lowest BCUT2D eigenvalue weighted by atomic mass is 10.1. The number of H-pyrrole nitrogens is 1. The second-order valence-corrected chi connectivity index (χ2v) is 7.50. The van der Waals surface area contributed by atoms with Crippen molar-refractivity contribution in [2.24, 2.45) is 0 Å². The van der Waals surface area contributed by atoms with Crippen LogP contribution in [0.4, 0.5) is 0 Å². The number of nitrogens with zero attached hydrogens (tertiary/aromatic N) is 2. The van der Waals surface area contributed by atoms with Crippen LogP contribution in [0.15, 0.2) is 54.6 Å². The van der Waals surface area contributed by atoms with Gasteiger partial charge in [-0.15, -0.1) is 0 Å². The standard InChI is InChI=1S/C22H23ClN4O2/c1-14(2)27(3)22(29)16-9-7-15(8-10-16)13-24-21(28)20-12-19(25-26-20)17-5-4-6-18(23)11-17/h4-12,14H,13H2,1-3H3,(H,24,28)(H,25,26). The van der Waals surface area contributed by atoms with Crippen molar-refractivity contribution in [2.45, 2.75) is 26.4 Å². The third-order valence-corrected chi connectivity index (χ3v) is 4.93. The van der Waals surface area contributed by atoms with Gasteiger partial charge in [0.05, 0.1) is 5.69 Å². The van der Waals surface area contributed by atoms with Gasteiger partial charge in [0.1, 0.15) is 5.69 Å². The maximum absolute atomic E-state index is 12.4. The molecular formula is C22H23ClN4O2. The summed E-state index contributed by atoms with van der Waals surface area (Å²) in [7, 11) is 1.78. The van der Waals surface area contributed by atoms with E-state index < -0.39 is 0 Å². The number of hydrogen-bond donors (Lipinski definition) is 2. The van der Waals surface area contributed by atoms with Crippen LogP contribution in [0.3, 0.4) is 0 Å². The highest BCUT2D eigenvalue weighted by Gasteiger charge is 2.14. The van der Waals surface area contributed by atoms with Gasteiger partial charge < -0.3 is 10.2 Å². The Balaban J connectivity index is 1.60. The molecule has 0 atom stereocenters. The smallest absolute Gasteiger partial charge is 0.269 e. The van der Waals surface area contributed by atoms with Crippen LogP contribution in [-0.4, -0.2) is 40.0 Å². The normalized spacial score (nSPS) is 10.8. The first-order valence-electron chi connectivity index (χ1n) is 9.31. The van der Waals surface area contributed by atoms with E-state index >= 15 is 0 Å². The van der Waals surface area contributed by atoms with Gasteiger partial charge in [0.25, 0.3) is 11.8 Å². The first-order valence-corrected chi connectivity index (χ1v) is 9.68. The zero-order valence-electron chi connectivity index (χ0n) is 16.6. The van der Waals surface area contributed by atoms with E-state index in [-0.39, 0.29) is 17.9 Å². The molecule has 2 N–H and O–H groups in total. The molecule has 0 aliphatic heterocycles. The SMILES string of the molecule is CC(C)N(C)C(=O)c1ccc(CNC(=O)c2cc(-c3cccc(Cl)c3)n[nH]2)cc1. The molecule has 0 fully saturated rings. The second-order valence-electron chi connectivity index (χ2n) is 7.07. The lowest BCUT2D eigenvalue weighted by molar-refractivity contribution is 0.0754. The van der Waals surface area contributed by atoms with Crippen molar-refractivity contribution in [3.05, 3.63) is 76.4 Å². The summed E-state index contributed by atoms with van der Waals surface area (Å²) in [6.45, 7) is 4.28. The topological polar surface area (TPSA) is 78.1 Å². The number of aromatic nitrogens is 2. The van der Waals surface area contributed by atoms with E-state index in [9.17, 15) is 9.59 Å². The van der Waals surface area contributed by atoms with Crippen molar-refractivity contribution < 1.29 is 9.59 Å². The quantitative estimate of drug-likeness (QED) is 0.641. The van der Waals surface area contributed by atoms with Gasteiger partial charge in [-0.05, 0) is 49.7 Å². The Morgan fingerprint density at radius 3 is 2.52 bits per heavy atom. The van der Waals surface area contributed by atoms with E-state index in [2.05, 4.69) is 15.5 Å². The molecule has 0 bridgehead atoms. The molecule has 0 aliphatic carbocycles. The summed E-state index contributed by atoms with van der Waals surface area (Å²) in [4.78, 5) is 26.4. The first kappa shape index (κ1) is 20.6. The third kappa shape index (κ3) is 5.03. The number of benzene rings is 2. The van der Waals surface area contributed by atoms with Gasteiger partial charge in [-0.2, -0.15) is 5.10 Å². The van der Waals surface area contributed by atoms with Gasteiger partial charge in [-0.1, -0.05) is 35.9 Å². The van der Waals surface area contributed by atoms with Crippen LogP contribution < -0.4 is 5.32 Å². The molecule has 3 rings (SSSR count). The average Bonchev–Trinajstić information content (AvgIpc) is 3.21. The molecule has 3 aromatic rings. The summed E-state index contributed by atoms with van der Waals surface area (Å²) in [5, 5.41) is 10.4. The van der Waals surface area contributed by atoms with E-state index in [1.165, 1.54) is 0 Å². The molecule has 0 radical (unpaired) electrons. The minimum absolute atomic E-state index is 0.0263. The maximum atomic E-state index is 12.4. The highest BCUT2D eigenvalue weighted by Crippen LogP contribution is 2.21. The molecule has 2 aromatic carbocycles. The minimum atomic E-state index is -0.259. The monoisotopic (exact) mass is 410 g/mol. The minimum Gasteiger partial charge on any atom is -0.347 e. The fourth-order valence-electron chi connectivity index (χ4n) is 2.71. The van der Waals surface area contributed by atoms with E-state index in [0.717, 1.165) is 11.1 Å². The second kappa shape index (κ2) is 8.92. The van der Waals surface area contributed by atoms with Gasteiger partial charge in [0, 0.05) is 35.8 Å². The first-order chi connectivity index (χ1) is 13.8. The van der Waals surface area contributed by atoms with Crippen LogP contribution in [0, 0.1) is 0 Å². The molecule has 1 aromatic heterocycles. The molecule has 29 heavy (non-hydrogen) atoms. The van der Waals surface area contributed by atoms with E-state index in [4.69, 9.17) is 11.6 Å². The van der Waals surface area contributed by atoms with Gasteiger partial charge in [0.15, 0.2) is 0 Å². The van der Waals surface area contributed by atoms with E-state index in [1.807, 2.05) is 38.1 Å². The van der Waals surface area contributed by atoms with Gasteiger partial charge >= 0.3 is 0 Å². The summed E-state index contributed by atoms with van der Waals surface area (Å²) < 4.78 is 0. The Kier molecular flexibility index (Phi) is 6.34. The highest BCUT2D eigenvalue weighted by molar-refractivity contribution is 6.30. The van der Waals surface area contributed by atoms with Crippen molar-refractivity contribution in [3.8, 4) is 11.3 Å². The van der Waals surface area contributed by atoms with Crippen LogP contribution in [0.1, 0.15) is 40.3 Å². The zero-order chi connectivity index (χ0) is 21.0. The van der Waals surface area contributed by atoms with Gasteiger partial charge in [0.2, 0.25) is 0 Å². The molecule has 1 heterocycles. The number of nitrogens with one attached hydrogen (secondary N) is 2. The summed E-state index contributed by atoms with van der Waals surface area (Å²) >= 11 is 6.00. The predicted octanol–water partition coefficient (Wildman–Crippen LogP) is 4.14. The van der Waals surface area contributed by atoms with Crippen LogP contribution in [0.25, 0.3) is 11.3 Å². The molecule has 7 heteroatoms. The van der Waals surface area contributed by atoms with Gasteiger partial charge in [-0.3, -0.25) is 14.7 Å². The molecular weight excluding hydrogens is 388 g/mol. The fraction of sp³-hybridized carbons (Fsp3) is 0.227. The Morgan fingerprint density at radius 2 is 1.86 bits per heavy atom. The molecule has 0 spiro atoms. The van der Waals surface area contributed by atoms with Crippen molar-refractivity contribution in [2.75, 3.05) is 7.05 Å². The van der Waals surface area contributed by atoms with Gasteiger partial charge in [-0.25, -0.2) is 0 Å². The number of aromatic amines is 1. The number of amides is 2. The number of hydrogen-bond acceptors (Lipinski definition) is 3. The molecule has 0 unspecified atom stereocenters. The number of halogens is 1. The van der Waals surface area contributed by atoms with Crippen LogP contribution in [-0.2, 0) is 6.54 Å². The summed E-state index contributed by atoms with van der Waals surface area (Å²) in [5.74, 6) is -0.285. The Hall–Kier alpha value is -3.12. The van der Waals surface area contributed by atoms with Crippen molar-refractivity contribution in [3.63, 3.8) is 0 Å². The molecule has 0 aliphatic rings. The number of carbonyl (C=O) groups is 2. The predicted molar refractivity (Wildman–Crippen MR) is 114 cm³/mol. The van der Waals surface area contributed by atoms with Crippen molar-refractivity contribution in [1.82, 2.24) is 20.4 Å². The number of rotatable bonds is 6. The Bertz CT molecular complexity index is 1010. The third-order valence-electron chi connectivity index (χ3n) is 4.69. The van der Waals surface area contributed by atoms with Crippen LogP contribution in [0.5, 0.6) is 0 Å². The summed E-state index contributed by atoms with van der Waals surface area (Å²) in [6.07, 6.45) is 0. The van der Waals surface area contributed by atoms with Crippen molar-refractivity contribution in [1.29, 1.82) is 0 Å². The van der Waals surface area contributed by atoms with Crippen LogP contribution in [0.2, 0.25) is 5.02 Å². The summed E-state index contributed by atoms with van der Waals surface area (Å²) in [6, 6.07) is 16.3. The summed E-state index contributed by atoms with van der Waals surface area (Å²) in [5.41, 5.74) is 3.37. The zero-order valence-corrected chi connectivity index (χ0v) is 17.3. The van der Waals surface area contributed by atoms with Crippen molar-refractivity contribution >= 4 is 23.4 Å². The largest absolute Gasteiger partial charge is 0.347 e. The molecule has 2 amide bonds. The van der Waals surface area contributed by atoms with Crippen LogP contribution >= 0.6 is 11.6 Å². The Labute approximate surface area is 174 Å². The Morgan fingerprint density at radius 1 is 1.14 bits per heavy atom. The van der Waals surface area contributed by atoms with E-state index in [0.29, 0.717) is 28.5 Å². The lowest BCUT2D eigenvalue weighted by Crippen LogP contribution is -2.32. The number of carbonyl (C=O) groups excluding carboxylic acids is 2. The maximum Gasteiger partial charge on any atom is 0.269 e. The highest BCUT2D eigenvalue weighted by atomic mass is 35.5. The molecule has 0 saturated heterocycles. The van der Waals surface area contributed by atoms with E-state index in [1.54, 1.807) is 42.3 Å². The molecule has 0 saturated carbocycles. The average molecular weight is 411 g/mol. The lowest BCUT2D eigenvalue weighted by Gasteiger charge is -2.21. The molecule has 6 nitrogen and oxygen atoms in total. The molecule has 150 valence electrons.